The average molecular weight is 320 g/mol. The fourth-order valence-corrected chi connectivity index (χ4v) is 3.70. The summed E-state index contributed by atoms with van der Waals surface area (Å²) < 4.78 is 0. The lowest BCUT2D eigenvalue weighted by molar-refractivity contribution is 0.930. The molecule has 1 unspecified atom stereocenters. The lowest BCUT2D eigenvalue weighted by Gasteiger charge is -2.10. The highest BCUT2D eigenvalue weighted by Crippen LogP contribution is 2.24. The summed E-state index contributed by atoms with van der Waals surface area (Å²) in [7, 11) is 0.756. The third kappa shape index (κ3) is 5.66. The Kier molecular flexibility index (Phi) is 7.04. The molecule has 0 saturated heterocycles. The van der Waals surface area contributed by atoms with E-state index in [2.05, 4.69) is 86.8 Å². The van der Waals surface area contributed by atoms with Crippen molar-refractivity contribution >= 4 is 19.5 Å². The van der Waals surface area contributed by atoms with Gasteiger partial charge in [0.05, 0.1) is 0 Å². The van der Waals surface area contributed by atoms with E-state index in [9.17, 15) is 0 Å². The van der Waals surface area contributed by atoms with E-state index < -0.39 is 0 Å². The van der Waals surface area contributed by atoms with Crippen LogP contribution in [-0.2, 0) is 6.16 Å². The Balaban J connectivity index is 2.07. The van der Waals surface area contributed by atoms with Crippen molar-refractivity contribution in [2.75, 3.05) is 0 Å². The third-order valence-electron chi connectivity index (χ3n) is 3.69. The summed E-state index contributed by atoms with van der Waals surface area (Å²) in [4.78, 5) is 0. The van der Waals surface area contributed by atoms with E-state index in [-0.39, 0.29) is 0 Å². The predicted octanol–water partition coefficient (Wildman–Crippen LogP) is 6.12. The second-order valence-electron chi connectivity index (χ2n) is 5.65. The topological polar surface area (TPSA) is 0 Å². The van der Waals surface area contributed by atoms with Crippen LogP contribution in [0, 0.1) is 0 Å². The van der Waals surface area contributed by atoms with Crippen LogP contribution < -0.4 is 5.30 Å². The second-order valence-corrected chi connectivity index (χ2v) is 6.90. The van der Waals surface area contributed by atoms with Gasteiger partial charge in [0, 0.05) is 0 Å². The van der Waals surface area contributed by atoms with Gasteiger partial charge in [-0.05, 0) is 34.6 Å². The molecule has 0 fully saturated rings. The molecule has 0 nitrogen and oxygen atoms in total. The van der Waals surface area contributed by atoms with Gasteiger partial charge in [-0.25, -0.2) is 0 Å². The van der Waals surface area contributed by atoms with Crippen LogP contribution in [-0.4, -0.2) is 0 Å². The Labute approximate surface area is 142 Å². The van der Waals surface area contributed by atoms with Gasteiger partial charge in [0.15, 0.2) is 0 Å². The predicted molar refractivity (Wildman–Crippen MR) is 107 cm³/mol. The quantitative estimate of drug-likeness (QED) is 0.406. The first kappa shape index (κ1) is 17.4. The van der Waals surface area contributed by atoms with Crippen LogP contribution in [0.4, 0.5) is 0 Å². The summed E-state index contributed by atoms with van der Waals surface area (Å²) in [6.45, 7) is 10.5. The van der Waals surface area contributed by atoms with Gasteiger partial charge >= 0.3 is 0 Å². The van der Waals surface area contributed by atoms with E-state index in [1.165, 1.54) is 16.4 Å². The van der Waals surface area contributed by atoms with E-state index in [1.54, 1.807) is 0 Å². The maximum atomic E-state index is 4.25. The van der Waals surface area contributed by atoms with E-state index >= 15 is 0 Å². The number of allylic oxidation sites excluding steroid dienone is 4. The molecule has 0 radical (unpaired) electrons. The molecule has 118 valence electrons. The Hall–Kier alpha value is -1.91. The van der Waals surface area contributed by atoms with E-state index in [0.29, 0.717) is 0 Å². The summed E-state index contributed by atoms with van der Waals surface area (Å²) in [6.07, 6.45) is 7.45. The molecule has 0 saturated carbocycles. The highest BCUT2D eigenvalue weighted by Gasteiger charge is 2.04. The maximum Gasteiger partial charge on any atom is -0.00600 e. The lowest BCUT2D eigenvalue weighted by Crippen LogP contribution is -2.02. The molecule has 23 heavy (non-hydrogen) atoms. The zero-order chi connectivity index (χ0) is 16.5. The summed E-state index contributed by atoms with van der Waals surface area (Å²) in [5.41, 5.74) is 4.87. The van der Waals surface area contributed by atoms with Crippen LogP contribution in [0.15, 0.2) is 85.5 Å². The summed E-state index contributed by atoms with van der Waals surface area (Å²) in [6, 6.07) is 19.3. The van der Waals surface area contributed by atoms with Crippen molar-refractivity contribution < 1.29 is 0 Å². The molecule has 2 aromatic rings. The standard InChI is InChI=1S/C22H25P/c1-4-10-18(2)15-16-19(3)21-13-8-9-14-22(21)23-17-20-11-6-5-7-12-20/h5-9,11-16,23H,2-4,10,17H2,1H3/b16-15+. The molecule has 0 aromatic heterocycles. The Bertz CT molecular complexity index is 680. The van der Waals surface area contributed by atoms with Crippen molar-refractivity contribution in [3.05, 3.63) is 96.6 Å². The van der Waals surface area contributed by atoms with Gasteiger partial charge in [-0.2, -0.15) is 0 Å². The van der Waals surface area contributed by atoms with Crippen molar-refractivity contribution in [2.45, 2.75) is 25.9 Å². The first-order valence-electron chi connectivity index (χ1n) is 8.12. The molecule has 0 aliphatic carbocycles. The monoisotopic (exact) mass is 320 g/mol. The molecule has 0 aliphatic rings. The average Bonchev–Trinajstić information content (AvgIpc) is 2.59. The highest BCUT2D eigenvalue weighted by atomic mass is 31.1. The number of benzene rings is 2. The minimum atomic E-state index is 0.756. The molecule has 0 bridgehead atoms. The Morgan fingerprint density at radius 1 is 0.957 bits per heavy atom. The zero-order valence-corrected chi connectivity index (χ0v) is 14.9. The number of hydrogen-bond donors (Lipinski definition) is 0. The van der Waals surface area contributed by atoms with Gasteiger partial charge in [-0.3, -0.25) is 0 Å². The molecule has 1 atom stereocenters. The van der Waals surface area contributed by atoms with E-state index in [4.69, 9.17) is 0 Å². The Morgan fingerprint density at radius 2 is 1.65 bits per heavy atom. The van der Waals surface area contributed by atoms with Crippen LogP contribution in [0.1, 0.15) is 30.9 Å². The van der Waals surface area contributed by atoms with Crippen molar-refractivity contribution in [3.63, 3.8) is 0 Å². The molecule has 2 rings (SSSR count). The molecule has 0 heterocycles. The van der Waals surface area contributed by atoms with Crippen molar-refractivity contribution in [3.8, 4) is 0 Å². The van der Waals surface area contributed by atoms with Crippen LogP contribution in [0.5, 0.6) is 0 Å². The molecule has 0 spiro atoms. The molecule has 0 amide bonds. The number of hydrogen-bond acceptors (Lipinski definition) is 0. The van der Waals surface area contributed by atoms with Crippen molar-refractivity contribution in [1.29, 1.82) is 0 Å². The van der Waals surface area contributed by atoms with Gasteiger partial charge in [-0.15, -0.1) is 0 Å². The van der Waals surface area contributed by atoms with Gasteiger partial charge < -0.3 is 0 Å². The minimum Gasteiger partial charge on any atom is -0.0958 e. The molecule has 0 N–H and O–H groups in total. The first-order chi connectivity index (χ1) is 11.2. The molecule has 1 heteroatoms. The fourth-order valence-electron chi connectivity index (χ4n) is 2.42. The maximum absolute atomic E-state index is 4.25. The zero-order valence-electron chi connectivity index (χ0n) is 13.9. The molecule has 0 aliphatic heterocycles. The van der Waals surface area contributed by atoms with Crippen LogP contribution in [0.3, 0.4) is 0 Å². The van der Waals surface area contributed by atoms with Crippen LogP contribution >= 0.6 is 8.58 Å². The Morgan fingerprint density at radius 3 is 2.39 bits per heavy atom. The summed E-state index contributed by atoms with van der Waals surface area (Å²) >= 11 is 0. The summed E-state index contributed by atoms with van der Waals surface area (Å²) in [5, 5.41) is 1.38. The fraction of sp³-hybridized carbons (Fsp3) is 0.182. The first-order valence-corrected chi connectivity index (χ1v) is 9.33. The lowest BCUT2D eigenvalue weighted by atomic mass is 10.1. The minimum absolute atomic E-state index is 0.756. The van der Waals surface area contributed by atoms with Gasteiger partial charge in [-0.1, -0.05) is 107 Å². The SMILES string of the molecule is C=C(/C=C/C(=C)c1ccccc1PCc1ccccc1)CCC. The van der Waals surface area contributed by atoms with Crippen LogP contribution in [0.25, 0.3) is 5.57 Å². The van der Waals surface area contributed by atoms with Crippen molar-refractivity contribution in [2.24, 2.45) is 0 Å². The second kappa shape index (κ2) is 9.28. The summed E-state index contributed by atoms with van der Waals surface area (Å²) in [5.74, 6) is 0. The van der Waals surface area contributed by atoms with Crippen molar-refractivity contribution in [1.82, 2.24) is 0 Å². The third-order valence-corrected chi connectivity index (χ3v) is 5.09. The van der Waals surface area contributed by atoms with Crippen LogP contribution in [0.2, 0.25) is 0 Å². The molecule has 2 aromatic carbocycles. The normalized spacial score (nSPS) is 11.3. The smallest absolute Gasteiger partial charge is 0.00600 e. The highest BCUT2D eigenvalue weighted by molar-refractivity contribution is 7.46. The van der Waals surface area contributed by atoms with Gasteiger partial charge in [0.1, 0.15) is 0 Å². The number of rotatable bonds is 8. The van der Waals surface area contributed by atoms with E-state index in [1.807, 2.05) is 0 Å². The molecular formula is C22H25P. The van der Waals surface area contributed by atoms with Gasteiger partial charge in [0.25, 0.3) is 0 Å². The molecular weight excluding hydrogens is 295 g/mol. The van der Waals surface area contributed by atoms with E-state index in [0.717, 1.165) is 38.7 Å². The van der Waals surface area contributed by atoms with Gasteiger partial charge in [0.2, 0.25) is 0 Å². The largest absolute Gasteiger partial charge is 0.0958 e.